The van der Waals surface area contributed by atoms with Gasteiger partial charge < -0.3 is 57.6 Å². The molecule has 0 aromatic carbocycles. The maximum Gasteiger partial charge on any atom is 0.341 e. The summed E-state index contributed by atoms with van der Waals surface area (Å²) in [5.41, 5.74) is -13.5. The fourth-order valence-corrected chi connectivity index (χ4v) is 9.39. The van der Waals surface area contributed by atoms with Crippen molar-refractivity contribution in [2.45, 2.75) is 120 Å². The van der Waals surface area contributed by atoms with Crippen LogP contribution in [0, 0.1) is 11.3 Å². The zero-order valence-electron chi connectivity index (χ0n) is 33.3. The highest BCUT2D eigenvalue weighted by molar-refractivity contribution is 5.92. The van der Waals surface area contributed by atoms with Gasteiger partial charge in [0.25, 0.3) is 0 Å². The van der Waals surface area contributed by atoms with E-state index in [1.807, 2.05) is 0 Å². The number of hydrogen-bond donors (Lipinski definition) is 3. The SMILES string of the molecule is CC(=O)OC[C@]12[C@H](OC(C)=O)[C@H](OC(=O)c3ccoc3)[C@@H]3[C@@H](OC(C)=O)[C@@]14O[C@@]3(C)COC(=O)c1cnccc1[C@H](C)[C@@](C)(O)C(=O)O[C@@H]([C@H](O)[C@@H]2OC(C)=O)[C@@]4(C)O. The summed E-state index contributed by atoms with van der Waals surface area (Å²) < 4.78 is 53.2. The van der Waals surface area contributed by atoms with Gasteiger partial charge in [-0.05, 0) is 38.5 Å². The fourth-order valence-electron chi connectivity index (χ4n) is 9.39. The van der Waals surface area contributed by atoms with E-state index in [0.717, 1.165) is 60.3 Å². The first-order chi connectivity index (χ1) is 27.5. The fraction of sp³-hybridized carbons (Fsp3) is 0.590. The highest BCUT2D eigenvalue weighted by Gasteiger charge is 2.91. The third kappa shape index (κ3) is 6.61. The van der Waals surface area contributed by atoms with Crippen molar-refractivity contribution >= 4 is 41.8 Å². The highest BCUT2D eigenvalue weighted by Crippen LogP contribution is 2.70. The average Bonchev–Trinajstić information content (AvgIpc) is 3.76. The number of nitrogens with zero attached hydrogens (tertiary/aromatic N) is 1. The molecule has 6 rings (SSSR count). The molecule has 3 N–H and O–H groups in total. The van der Waals surface area contributed by atoms with Gasteiger partial charge >= 0.3 is 41.8 Å². The number of ether oxygens (including phenoxy) is 8. The number of esters is 7. The summed E-state index contributed by atoms with van der Waals surface area (Å²) in [4.78, 5) is 98.8. The third-order valence-corrected chi connectivity index (χ3v) is 12.0. The lowest BCUT2D eigenvalue weighted by molar-refractivity contribution is -0.387. The molecule has 2 aliphatic carbocycles. The van der Waals surface area contributed by atoms with Gasteiger partial charge in [0.2, 0.25) is 0 Å². The van der Waals surface area contributed by atoms with E-state index >= 15 is 0 Å². The number of aliphatic hydroxyl groups is 3. The van der Waals surface area contributed by atoms with Gasteiger partial charge in [-0.3, -0.25) is 24.2 Å². The molecule has 0 amide bonds. The second kappa shape index (κ2) is 15.0. The summed E-state index contributed by atoms with van der Waals surface area (Å²) in [5.74, 6) is -10.9. The second-order valence-electron chi connectivity index (χ2n) is 15.8. The summed E-state index contributed by atoms with van der Waals surface area (Å²) in [6.07, 6.45) is -8.35. The predicted octanol–water partition coefficient (Wildman–Crippen LogP) is 0.465. The van der Waals surface area contributed by atoms with Crippen LogP contribution in [0.3, 0.4) is 0 Å². The Hall–Kier alpha value is -5.44. The van der Waals surface area contributed by atoms with Crippen LogP contribution in [-0.4, -0.2) is 134 Å². The second-order valence-corrected chi connectivity index (χ2v) is 15.8. The van der Waals surface area contributed by atoms with Crippen molar-refractivity contribution in [3.8, 4) is 0 Å². The van der Waals surface area contributed by atoms with Crippen LogP contribution >= 0.6 is 0 Å². The van der Waals surface area contributed by atoms with E-state index in [0.29, 0.717) is 0 Å². The first-order valence-electron chi connectivity index (χ1n) is 18.5. The zero-order valence-corrected chi connectivity index (χ0v) is 33.3. The molecule has 2 saturated carbocycles. The number of aromatic nitrogens is 1. The monoisotopic (exact) mass is 831 g/mol. The van der Waals surface area contributed by atoms with Gasteiger partial charge in [0.15, 0.2) is 23.4 Å². The standard InChI is InChI=1S/C39H45NO19/c1-17-23-9-11-40-13-24(23)33(47)53-15-35(6)25-27(57-32(46)22-10-12-51-14-22)31(56-21(5)44)38(16-52-18(2)41)30(55-20(4)43)26(45)29(58-34(48)36(17,7)49)37(8,50)39(38,59-35)28(25)54-19(3)42/h9-14,17,25-31,45,49-50H,15-16H2,1-8H3/t17-,25+,26-,27+,28+,29-,30-,31+,35-,36+,37+,38-,39-/m0/s1. The normalized spacial score (nSPS) is 38.7. The van der Waals surface area contributed by atoms with E-state index in [1.165, 1.54) is 32.2 Å². The number of fused-ring (bicyclic) bond motifs is 5. The summed E-state index contributed by atoms with van der Waals surface area (Å²) in [6.45, 7) is 6.66. The molecule has 2 aliphatic heterocycles. The number of carbonyl (C=O) groups is 7. The minimum atomic E-state index is -2.94. The molecule has 20 heteroatoms. The number of aliphatic hydroxyl groups excluding tert-OH is 1. The largest absolute Gasteiger partial charge is 0.472 e. The Bertz CT molecular complexity index is 2050. The average molecular weight is 832 g/mol. The van der Waals surface area contributed by atoms with Crippen LogP contribution in [0.15, 0.2) is 41.5 Å². The molecule has 2 aromatic rings. The molecule has 4 bridgehead atoms. The van der Waals surface area contributed by atoms with Gasteiger partial charge in [-0.1, -0.05) is 6.92 Å². The minimum absolute atomic E-state index is 0.0606. The first-order valence-corrected chi connectivity index (χ1v) is 18.5. The van der Waals surface area contributed by atoms with Crippen LogP contribution in [-0.2, 0) is 61.9 Å². The van der Waals surface area contributed by atoms with E-state index in [1.54, 1.807) is 0 Å². The van der Waals surface area contributed by atoms with Crippen LogP contribution in [0.25, 0.3) is 0 Å². The third-order valence-electron chi connectivity index (χ3n) is 12.0. The summed E-state index contributed by atoms with van der Waals surface area (Å²) in [5, 5.41) is 37.5. The molecule has 4 heterocycles. The Labute approximate surface area is 336 Å². The lowest BCUT2D eigenvalue weighted by Gasteiger charge is -2.67. The quantitative estimate of drug-likeness (QED) is 0.252. The van der Waals surface area contributed by atoms with Crippen LogP contribution in [0.2, 0.25) is 0 Å². The minimum Gasteiger partial charge on any atom is -0.472 e. The number of cyclic esters (lactones) is 1. The molecule has 0 unspecified atom stereocenters. The Morgan fingerprint density at radius 2 is 1.51 bits per heavy atom. The van der Waals surface area contributed by atoms with Crippen LogP contribution in [0.5, 0.6) is 0 Å². The van der Waals surface area contributed by atoms with Crippen molar-refractivity contribution in [1.82, 2.24) is 4.98 Å². The van der Waals surface area contributed by atoms with Crippen molar-refractivity contribution in [2.75, 3.05) is 13.2 Å². The van der Waals surface area contributed by atoms with E-state index in [2.05, 4.69) is 4.98 Å². The molecule has 1 spiro atoms. The number of rotatable bonds is 7. The summed E-state index contributed by atoms with van der Waals surface area (Å²) in [7, 11) is 0. The molecule has 13 atom stereocenters. The van der Waals surface area contributed by atoms with E-state index in [-0.39, 0.29) is 16.7 Å². The van der Waals surface area contributed by atoms with Gasteiger partial charge in [-0.25, -0.2) is 14.4 Å². The Morgan fingerprint density at radius 1 is 0.881 bits per heavy atom. The molecule has 4 aliphatic rings. The number of carbonyl (C=O) groups excluding carboxylic acids is 7. The molecule has 2 aromatic heterocycles. The maximum absolute atomic E-state index is 14.3. The van der Waals surface area contributed by atoms with Gasteiger partial charge in [0, 0.05) is 46.0 Å². The van der Waals surface area contributed by atoms with Crippen LogP contribution in [0.4, 0.5) is 0 Å². The lowest BCUT2D eigenvalue weighted by Crippen LogP contribution is -2.89. The first kappa shape index (κ1) is 43.1. The highest BCUT2D eigenvalue weighted by atomic mass is 16.7. The number of furan rings is 1. The topological polar surface area (TPSA) is 280 Å². The number of pyridine rings is 1. The molecule has 59 heavy (non-hydrogen) atoms. The van der Waals surface area contributed by atoms with E-state index in [4.69, 9.17) is 42.3 Å². The van der Waals surface area contributed by atoms with Crippen molar-refractivity contribution in [1.29, 1.82) is 0 Å². The van der Waals surface area contributed by atoms with Gasteiger partial charge in [-0.2, -0.15) is 0 Å². The smallest absolute Gasteiger partial charge is 0.341 e. The molecule has 3 fully saturated rings. The number of hydrogen-bond acceptors (Lipinski definition) is 20. The molecule has 320 valence electrons. The van der Waals surface area contributed by atoms with Gasteiger partial charge in [0.05, 0.1) is 23.3 Å². The lowest BCUT2D eigenvalue weighted by atomic mass is 9.45. The van der Waals surface area contributed by atoms with Gasteiger partial charge in [-0.15, -0.1) is 0 Å². The van der Waals surface area contributed by atoms with Crippen LogP contribution < -0.4 is 0 Å². The Balaban J connectivity index is 1.76. The van der Waals surface area contributed by atoms with Gasteiger partial charge in [0.1, 0.15) is 60.5 Å². The Morgan fingerprint density at radius 3 is 2.10 bits per heavy atom. The molecular weight excluding hydrogens is 786 g/mol. The maximum atomic E-state index is 14.3. The van der Waals surface area contributed by atoms with Crippen molar-refractivity contribution in [2.24, 2.45) is 11.3 Å². The molecule has 20 nitrogen and oxygen atoms in total. The molecular formula is C39H45NO19. The Kier molecular flexibility index (Phi) is 11.0. The van der Waals surface area contributed by atoms with E-state index < -0.39 is 131 Å². The van der Waals surface area contributed by atoms with E-state index in [9.17, 15) is 48.9 Å². The van der Waals surface area contributed by atoms with Crippen molar-refractivity contribution in [3.05, 3.63) is 53.7 Å². The molecule has 1 saturated heterocycles. The summed E-state index contributed by atoms with van der Waals surface area (Å²) in [6, 6.07) is 2.58. The summed E-state index contributed by atoms with van der Waals surface area (Å²) >= 11 is 0. The van der Waals surface area contributed by atoms with Crippen molar-refractivity contribution < 1.29 is 91.2 Å². The zero-order chi connectivity index (χ0) is 43.6. The van der Waals surface area contributed by atoms with Crippen LogP contribution in [0.1, 0.15) is 87.6 Å². The molecule has 0 radical (unpaired) electrons. The predicted molar refractivity (Wildman–Crippen MR) is 189 cm³/mol. The van der Waals surface area contributed by atoms with Crippen molar-refractivity contribution in [3.63, 3.8) is 0 Å².